The number of carbonyl (C=O) groups excluding carboxylic acids is 1. The molecule has 0 bridgehead atoms. The van der Waals surface area contributed by atoms with Gasteiger partial charge in [-0.25, -0.2) is 0 Å². The summed E-state index contributed by atoms with van der Waals surface area (Å²) >= 11 is 0. The van der Waals surface area contributed by atoms with Crippen molar-refractivity contribution in [2.75, 3.05) is 6.54 Å². The lowest BCUT2D eigenvalue weighted by atomic mass is 9.59. The molecule has 0 saturated heterocycles. The van der Waals surface area contributed by atoms with Crippen molar-refractivity contribution < 1.29 is 14.8 Å². The van der Waals surface area contributed by atoms with Crippen molar-refractivity contribution in [3.8, 4) is 0 Å². The van der Waals surface area contributed by atoms with Crippen LogP contribution in [0.4, 0.5) is 0 Å². The van der Waals surface area contributed by atoms with Gasteiger partial charge >= 0.3 is 0 Å². The molecule has 0 N–H and O–H groups in total. The van der Waals surface area contributed by atoms with Gasteiger partial charge in [-0.3, -0.25) is 10.1 Å². The number of nitrogens with zero attached hydrogens (tertiary/aromatic N) is 1. The highest BCUT2D eigenvalue weighted by atomic mass is 16.6. The summed E-state index contributed by atoms with van der Waals surface area (Å²) in [5, 5.41) is 23.9. The first-order valence-corrected chi connectivity index (χ1v) is 9.46. The molecule has 2 aromatic carbocycles. The lowest BCUT2D eigenvalue weighted by molar-refractivity contribution is -0.502. The van der Waals surface area contributed by atoms with Gasteiger partial charge in [0.2, 0.25) is 6.54 Å². The lowest BCUT2D eigenvalue weighted by Gasteiger charge is -2.45. The Bertz CT molecular complexity index is 730. The quantitative estimate of drug-likeness (QED) is 0.555. The fourth-order valence-electron chi connectivity index (χ4n) is 4.72. The molecule has 1 unspecified atom stereocenters. The zero-order chi connectivity index (χ0) is 19.3. The van der Waals surface area contributed by atoms with Gasteiger partial charge in [0.25, 0.3) is 0 Å². The Morgan fingerprint density at radius 3 is 1.81 bits per heavy atom. The van der Waals surface area contributed by atoms with Gasteiger partial charge in [0.15, 0.2) is 0 Å². The van der Waals surface area contributed by atoms with E-state index in [0.29, 0.717) is 12.8 Å². The molecule has 0 radical (unpaired) electrons. The predicted molar refractivity (Wildman–Crippen MR) is 101 cm³/mol. The van der Waals surface area contributed by atoms with E-state index in [4.69, 9.17) is 0 Å². The second-order valence-electron chi connectivity index (χ2n) is 7.51. The number of rotatable bonds is 7. The summed E-state index contributed by atoms with van der Waals surface area (Å²) in [7, 11) is 0. The van der Waals surface area contributed by atoms with E-state index in [2.05, 4.69) is 0 Å². The molecule has 1 aliphatic rings. The normalized spacial score (nSPS) is 17.4. The summed E-state index contributed by atoms with van der Waals surface area (Å²) < 4.78 is 0. The third-order valence-electron chi connectivity index (χ3n) is 5.86. The Kier molecular flexibility index (Phi) is 5.89. The van der Waals surface area contributed by atoms with Gasteiger partial charge in [0.1, 0.15) is 0 Å². The zero-order valence-electron chi connectivity index (χ0n) is 15.3. The molecule has 1 saturated carbocycles. The largest absolute Gasteiger partial charge is 0.550 e. The van der Waals surface area contributed by atoms with Crippen molar-refractivity contribution in [3.05, 3.63) is 81.9 Å². The molecule has 1 aliphatic carbocycles. The van der Waals surface area contributed by atoms with E-state index in [1.807, 2.05) is 60.7 Å². The number of hydrogen-bond acceptors (Lipinski definition) is 4. The van der Waals surface area contributed by atoms with Gasteiger partial charge in [-0.15, -0.1) is 0 Å². The summed E-state index contributed by atoms with van der Waals surface area (Å²) in [4.78, 5) is 23.6. The van der Waals surface area contributed by atoms with Crippen LogP contribution in [0.2, 0.25) is 0 Å². The molecule has 27 heavy (non-hydrogen) atoms. The molecule has 3 rings (SSSR count). The number of aliphatic carboxylic acids is 1. The van der Waals surface area contributed by atoms with Gasteiger partial charge < -0.3 is 9.90 Å². The molecule has 0 amide bonds. The van der Waals surface area contributed by atoms with E-state index in [9.17, 15) is 20.0 Å². The van der Waals surface area contributed by atoms with Crippen LogP contribution in [0.5, 0.6) is 0 Å². The van der Waals surface area contributed by atoms with Crippen molar-refractivity contribution >= 4 is 5.97 Å². The van der Waals surface area contributed by atoms with Crippen molar-refractivity contribution in [2.24, 2.45) is 11.3 Å². The molecule has 5 heteroatoms. The number of hydrogen-bond donors (Lipinski definition) is 0. The number of carboxylic acid groups (broad SMARTS) is 1. The van der Waals surface area contributed by atoms with Crippen LogP contribution in [0.15, 0.2) is 60.7 Å². The highest BCUT2D eigenvalue weighted by Gasteiger charge is 2.48. The minimum atomic E-state index is -1.20. The molecular formula is C22H24NO4-. The van der Waals surface area contributed by atoms with E-state index in [1.165, 1.54) is 0 Å². The first-order chi connectivity index (χ1) is 13.0. The number of carboxylic acids is 1. The molecule has 1 atom stereocenters. The van der Waals surface area contributed by atoms with E-state index in [-0.39, 0.29) is 11.5 Å². The van der Waals surface area contributed by atoms with Gasteiger partial charge in [0, 0.05) is 28.1 Å². The number of benzene rings is 2. The molecule has 1 fully saturated rings. The van der Waals surface area contributed by atoms with E-state index < -0.39 is 23.2 Å². The molecular weight excluding hydrogens is 342 g/mol. The molecule has 5 nitrogen and oxygen atoms in total. The number of nitro groups is 1. The van der Waals surface area contributed by atoms with Crippen LogP contribution in [0, 0.1) is 21.4 Å². The van der Waals surface area contributed by atoms with Crippen molar-refractivity contribution in [2.45, 2.75) is 38.0 Å². The SMILES string of the molecule is O=C([O-])C(C(c1ccccc1)c1ccccc1)C1(C[N+](=O)[O-])CCCCC1. The van der Waals surface area contributed by atoms with E-state index in [1.54, 1.807) is 0 Å². The highest BCUT2D eigenvalue weighted by Crippen LogP contribution is 2.50. The van der Waals surface area contributed by atoms with Gasteiger partial charge in [0.05, 0.1) is 0 Å². The van der Waals surface area contributed by atoms with E-state index in [0.717, 1.165) is 30.4 Å². The maximum atomic E-state index is 12.4. The summed E-state index contributed by atoms with van der Waals surface area (Å²) in [6.07, 6.45) is 3.70. The van der Waals surface area contributed by atoms with Gasteiger partial charge in [-0.2, -0.15) is 0 Å². The third-order valence-corrected chi connectivity index (χ3v) is 5.86. The maximum absolute atomic E-state index is 12.4. The second-order valence-corrected chi connectivity index (χ2v) is 7.51. The molecule has 0 heterocycles. The van der Waals surface area contributed by atoms with Crippen LogP contribution in [0.25, 0.3) is 0 Å². The van der Waals surface area contributed by atoms with Gasteiger partial charge in [-0.05, 0) is 24.0 Å². The third kappa shape index (κ3) is 4.18. The Balaban J connectivity index is 2.15. The average Bonchev–Trinajstić information content (AvgIpc) is 2.67. The number of carbonyl (C=O) groups is 1. The van der Waals surface area contributed by atoms with Crippen LogP contribution in [-0.4, -0.2) is 17.4 Å². The molecule has 0 spiro atoms. The topological polar surface area (TPSA) is 83.3 Å². The zero-order valence-corrected chi connectivity index (χ0v) is 15.3. The van der Waals surface area contributed by atoms with Crippen LogP contribution >= 0.6 is 0 Å². The predicted octanol–water partition coefficient (Wildman–Crippen LogP) is 3.41. The summed E-state index contributed by atoms with van der Waals surface area (Å²) in [6.45, 7) is -0.332. The van der Waals surface area contributed by atoms with Crippen LogP contribution in [0.1, 0.15) is 49.1 Å². The summed E-state index contributed by atoms with van der Waals surface area (Å²) in [6, 6.07) is 18.9. The van der Waals surface area contributed by atoms with Crippen molar-refractivity contribution in [1.82, 2.24) is 0 Å². The Morgan fingerprint density at radius 1 is 0.926 bits per heavy atom. The monoisotopic (exact) mass is 366 g/mol. The Hall–Kier alpha value is -2.69. The molecule has 0 aliphatic heterocycles. The van der Waals surface area contributed by atoms with Crippen molar-refractivity contribution in [3.63, 3.8) is 0 Å². The standard InChI is InChI=1S/C22H25NO4/c24-21(25)20(22(16-23(26)27)14-8-3-9-15-22)19(17-10-4-1-5-11-17)18-12-6-2-7-13-18/h1-2,4-7,10-13,19-20H,3,8-9,14-16H2,(H,24,25)/p-1. The van der Waals surface area contributed by atoms with Crippen LogP contribution in [0.3, 0.4) is 0 Å². The van der Waals surface area contributed by atoms with Crippen LogP contribution in [-0.2, 0) is 4.79 Å². The molecule has 2 aromatic rings. The second kappa shape index (κ2) is 8.33. The first-order valence-electron chi connectivity index (χ1n) is 9.46. The first kappa shape index (κ1) is 19.1. The smallest absolute Gasteiger partial charge is 0.210 e. The Morgan fingerprint density at radius 2 is 1.41 bits per heavy atom. The Labute approximate surface area is 159 Å². The van der Waals surface area contributed by atoms with Gasteiger partial charge in [-0.1, -0.05) is 79.9 Å². The van der Waals surface area contributed by atoms with Crippen molar-refractivity contribution in [1.29, 1.82) is 0 Å². The fourth-order valence-corrected chi connectivity index (χ4v) is 4.72. The maximum Gasteiger partial charge on any atom is 0.210 e. The molecule has 0 aromatic heterocycles. The van der Waals surface area contributed by atoms with Crippen LogP contribution < -0.4 is 5.11 Å². The summed E-state index contributed by atoms with van der Waals surface area (Å²) in [5.41, 5.74) is 0.814. The average molecular weight is 366 g/mol. The molecule has 142 valence electrons. The van der Waals surface area contributed by atoms with E-state index >= 15 is 0 Å². The summed E-state index contributed by atoms with van der Waals surface area (Å²) in [5.74, 6) is -2.63. The lowest BCUT2D eigenvalue weighted by Crippen LogP contribution is -2.50. The fraction of sp³-hybridized carbons (Fsp3) is 0.409. The minimum Gasteiger partial charge on any atom is -0.550 e. The highest BCUT2D eigenvalue weighted by molar-refractivity contribution is 5.71. The minimum absolute atomic E-state index is 0.332.